The maximum absolute atomic E-state index is 11.8. The van der Waals surface area contributed by atoms with Gasteiger partial charge >= 0.3 is 0 Å². The van der Waals surface area contributed by atoms with Crippen molar-refractivity contribution in [2.75, 3.05) is 19.7 Å². The summed E-state index contributed by atoms with van der Waals surface area (Å²) < 4.78 is 7.15. The van der Waals surface area contributed by atoms with E-state index in [1.807, 2.05) is 27.7 Å². The third-order valence-electron chi connectivity index (χ3n) is 2.79. The van der Waals surface area contributed by atoms with E-state index in [9.17, 15) is 4.79 Å². The van der Waals surface area contributed by atoms with Gasteiger partial charge < -0.3 is 10.1 Å². The maximum Gasteiger partial charge on any atom is 0.253 e. The van der Waals surface area contributed by atoms with E-state index in [2.05, 4.69) is 10.3 Å². The second-order valence-electron chi connectivity index (χ2n) is 4.96. The predicted octanol–water partition coefficient (Wildman–Crippen LogP) is 1.26. The standard InChI is InChI=1S/C14H25N3O2/c1-11(2)19-9-5-6-15-7-8-17-13(4)16-12(3)10-14(17)18/h10-11,15H,5-9H2,1-4H3. The highest BCUT2D eigenvalue weighted by Gasteiger charge is 2.02. The van der Waals surface area contributed by atoms with Gasteiger partial charge in [0, 0.05) is 31.5 Å². The van der Waals surface area contributed by atoms with Crippen LogP contribution < -0.4 is 10.9 Å². The monoisotopic (exact) mass is 267 g/mol. The molecule has 1 heterocycles. The van der Waals surface area contributed by atoms with Crippen molar-refractivity contribution in [2.24, 2.45) is 0 Å². The fourth-order valence-electron chi connectivity index (χ4n) is 1.87. The van der Waals surface area contributed by atoms with Gasteiger partial charge in [-0.3, -0.25) is 9.36 Å². The second kappa shape index (κ2) is 8.07. The first-order valence-corrected chi connectivity index (χ1v) is 6.88. The first kappa shape index (κ1) is 15.9. The van der Waals surface area contributed by atoms with Gasteiger partial charge in [0.2, 0.25) is 0 Å². The molecule has 1 N–H and O–H groups in total. The van der Waals surface area contributed by atoms with Crippen LogP contribution in [-0.2, 0) is 11.3 Å². The van der Waals surface area contributed by atoms with Gasteiger partial charge in [0.15, 0.2) is 0 Å². The van der Waals surface area contributed by atoms with Crippen molar-refractivity contribution in [1.82, 2.24) is 14.9 Å². The quantitative estimate of drug-likeness (QED) is 0.721. The molecule has 5 heteroatoms. The molecule has 0 spiro atoms. The van der Waals surface area contributed by atoms with Gasteiger partial charge in [0.05, 0.1) is 6.10 Å². The molecule has 0 bridgehead atoms. The van der Waals surface area contributed by atoms with Gasteiger partial charge in [-0.05, 0) is 40.7 Å². The van der Waals surface area contributed by atoms with E-state index in [-0.39, 0.29) is 5.56 Å². The molecule has 19 heavy (non-hydrogen) atoms. The van der Waals surface area contributed by atoms with E-state index < -0.39 is 0 Å². The average molecular weight is 267 g/mol. The molecular formula is C14H25N3O2. The van der Waals surface area contributed by atoms with Crippen LogP contribution in [0.4, 0.5) is 0 Å². The van der Waals surface area contributed by atoms with Gasteiger partial charge in [0.25, 0.3) is 5.56 Å². The number of aryl methyl sites for hydroxylation is 2. The minimum atomic E-state index is 0.0231. The van der Waals surface area contributed by atoms with Gasteiger partial charge in [-0.1, -0.05) is 0 Å². The average Bonchev–Trinajstić information content (AvgIpc) is 2.30. The third kappa shape index (κ3) is 5.98. The van der Waals surface area contributed by atoms with Crippen LogP contribution in [-0.4, -0.2) is 35.4 Å². The summed E-state index contributed by atoms with van der Waals surface area (Å²) in [6.07, 6.45) is 1.28. The molecule has 0 aliphatic carbocycles. The number of aromatic nitrogens is 2. The molecule has 0 unspecified atom stereocenters. The molecule has 0 aromatic carbocycles. The summed E-state index contributed by atoms with van der Waals surface area (Å²) in [5.41, 5.74) is 0.799. The molecule has 0 saturated heterocycles. The highest BCUT2D eigenvalue weighted by atomic mass is 16.5. The second-order valence-corrected chi connectivity index (χ2v) is 4.96. The summed E-state index contributed by atoms with van der Waals surface area (Å²) in [6.45, 7) is 10.9. The number of nitrogens with one attached hydrogen (secondary N) is 1. The van der Waals surface area contributed by atoms with Crippen LogP contribution in [0, 0.1) is 13.8 Å². The molecule has 0 saturated carbocycles. The summed E-state index contributed by atoms with van der Waals surface area (Å²) in [4.78, 5) is 16.1. The number of nitrogens with zero attached hydrogens (tertiary/aromatic N) is 2. The lowest BCUT2D eigenvalue weighted by Gasteiger charge is -2.11. The molecule has 0 aliphatic heterocycles. The highest BCUT2D eigenvalue weighted by molar-refractivity contribution is 5.01. The van der Waals surface area contributed by atoms with E-state index in [1.54, 1.807) is 10.6 Å². The smallest absolute Gasteiger partial charge is 0.253 e. The first-order chi connectivity index (χ1) is 9.00. The van der Waals surface area contributed by atoms with Crippen LogP contribution >= 0.6 is 0 Å². The van der Waals surface area contributed by atoms with Crippen LogP contribution in [0.5, 0.6) is 0 Å². The zero-order valence-electron chi connectivity index (χ0n) is 12.4. The van der Waals surface area contributed by atoms with Gasteiger partial charge in [-0.15, -0.1) is 0 Å². The molecule has 0 radical (unpaired) electrons. The molecule has 0 atom stereocenters. The van der Waals surface area contributed by atoms with Gasteiger partial charge in [0.1, 0.15) is 5.82 Å². The van der Waals surface area contributed by atoms with Gasteiger partial charge in [-0.25, -0.2) is 4.98 Å². The Morgan fingerprint density at radius 1 is 1.37 bits per heavy atom. The summed E-state index contributed by atoms with van der Waals surface area (Å²) >= 11 is 0. The lowest BCUT2D eigenvalue weighted by molar-refractivity contribution is 0.0771. The van der Waals surface area contributed by atoms with Crippen LogP contribution in [0.1, 0.15) is 31.8 Å². The molecule has 1 aromatic rings. The predicted molar refractivity (Wildman–Crippen MR) is 76.5 cm³/mol. The fraction of sp³-hybridized carbons (Fsp3) is 0.714. The molecule has 5 nitrogen and oxygen atoms in total. The number of rotatable bonds is 8. The summed E-state index contributed by atoms with van der Waals surface area (Å²) in [5.74, 6) is 0.773. The fourth-order valence-corrected chi connectivity index (χ4v) is 1.87. The molecule has 0 amide bonds. The summed E-state index contributed by atoms with van der Waals surface area (Å²) in [5, 5.41) is 3.31. The molecular weight excluding hydrogens is 242 g/mol. The van der Waals surface area contributed by atoms with Crippen LogP contribution in [0.15, 0.2) is 10.9 Å². The maximum atomic E-state index is 11.8. The van der Waals surface area contributed by atoms with Crippen LogP contribution in [0.2, 0.25) is 0 Å². The lowest BCUT2D eigenvalue weighted by atomic mass is 10.4. The molecule has 0 aliphatic rings. The number of hydrogen-bond donors (Lipinski definition) is 1. The van der Waals surface area contributed by atoms with Crippen molar-refractivity contribution < 1.29 is 4.74 Å². The zero-order chi connectivity index (χ0) is 14.3. The number of hydrogen-bond acceptors (Lipinski definition) is 4. The van der Waals surface area contributed by atoms with Gasteiger partial charge in [-0.2, -0.15) is 0 Å². The van der Waals surface area contributed by atoms with Crippen molar-refractivity contribution in [3.63, 3.8) is 0 Å². The first-order valence-electron chi connectivity index (χ1n) is 6.88. The third-order valence-corrected chi connectivity index (χ3v) is 2.79. The minimum absolute atomic E-state index is 0.0231. The Bertz CT molecular complexity index is 441. The largest absolute Gasteiger partial charge is 0.379 e. The summed E-state index contributed by atoms with van der Waals surface area (Å²) in [7, 11) is 0. The van der Waals surface area contributed by atoms with E-state index in [0.29, 0.717) is 12.6 Å². The van der Waals surface area contributed by atoms with Crippen LogP contribution in [0.3, 0.4) is 0 Å². The number of ether oxygens (including phenoxy) is 1. The molecule has 1 aromatic heterocycles. The van der Waals surface area contributed by atoms with Crippen molar-refractivity contribution in [1.29, 1.82) is 0 Å². The van der Waals surface area contributed by atoms with Crippen molar-refractivity contribution in [3.8, 4) is 0 Å². The SMILES string of the molecule is Cc1cc(=O)n(CCNCCCOC(C)C)c(C)n1. The normalized spacial score (nSPS) is 11.2. The Morgan fingerprint density at radius 3 is 2.74 bits per heavy atom. The minimum Gasteiger partial charge on any atom is -0.379 e. The van der Waals surface area contributed by atoms with Crippen molar-refractivity contribution >= 4 is 0 Å². The Hall–Kier alpha value is -1.20. The molecule has 108 valence electrons. The van der Waals surface area contributed by atoms with Crippen LogP contribution in [0.25, 0.3) is 0 Å². The van der Waals surface area contributed by atoms with Crippen molar-refractivity contribution in [2.45, 2.75) is 46.8 Å². The molecule has 1 rings (SSSR count). The Morgan fingerprint density at radius 2 is 2.11 bits per heavy atom. The Balaban J connectivity index is 2.25. The van der Waals surface area contributed by atoms with E-state index in [4.69, 9.17) is 4.74 Å². The molecule has 0 fully saturated rings. The summed E-state index contributed by atoms with van der Waals surface area (Å²) in [6, 6.07) is 1.57. The zero-order valence-corrected chi connectivity index (χ0v) is 12.4. The highest BCUT2D eigenvalue weighted by Crippen LogP contribution is 1.93. The van der Waals surface area contributed by atoms with E-state index in [1.165, 1.54) is 0 Å². The topological polar surface area (TPSA) is 56.2 Å². The van der Waals surface area contributed by atoms with E-state index in [0.717, 1.165) is 37.6 Å². The Kier molecular flexibility index (Phi) is 6.73. The Labute approximate surface area is 115 Å². The van der Waals surface area contributed by atoms with E-state index >= 15 is 0 Å². The van der Waals surface area contributed by atoms with Crippen molar-refractivity contribution in [3.05, 3.63) is 27.9 Å². The lowest BCUT2D eigenvalue weighted by Crippen LogP contribution is -2.30.